The number of hydrogen-bond acceptors (Lipinski definition) is 4. The van der Waals surface area contributed by atoms with E-state index >= 15 is 0 Å². The van der Waals surface area contributed by atoms with Crippen molar-refractivity contribution in [3.8, 4) is 0 Å². The van der Waals surface area contributed by atoms with Gasteiger partial charge in [-0.15, -0.1) is 12.4 Å². The highest BCUT2D eigenvalue weighted by molar-refractivity contribution is 5.94. The highest BCUT2D eigenvalue weighted by atomic mass is 35.5. The van der Waals surface area contributed by atoms with Crippen molar-refractivity contribution in [2.45, 2.75) is 31.3 Å². The topological polar surface area (TPSA) is 75.5 Å². The molecule has 0 saturated carbocycles. The first-order valence-electron chi connectivity index (χ1n) is 6.93. The Hall–Kier alpha value is -1.66. The van der Waals surface area contributed by atoms with Crippen LogP contribution in [0.15, 0.2) is 24.3 Å². The van der Waals surface area contributed by atoms with Gasteiger partial charge in [-0.3, -0.25) is 14.9 Å². The van der Waals surface area contributed by atoms with E-state index in [4.69, 9.17) is 0 Å². The van der Waals surface area contributed by atoms with Crippen LogP contribution in [0, 0.1) is 10.1 Å². The van der Waals surface area contributed by atoms with Crippen LogP contribution >= 0.6 is 12.4 Å². The molecule has 2 aliphatic rings. The molecule has 0 aromatic heterocycles. The molecule has 1 amide bonds. The second-order valence-corrected chi connectivity index (χ2v) is 5.48. The van der Waals surface area contributed by atoms with Crippen LogP contribution < -0.4 is 5.32 Å². The highest BCUT2D eigenvalue weighted by Gasteiger charge is 2.31. The van der Waals surface area contributed by atoms with Gasteiger partial charge in [0.2, 0.25) is 0 Å². The molecule has 6 nitrogen and oxygen atoms in total. The molecule has 2 unspecified atom stereocenters. The maximum absolute atomic E-state index is 12.4. The third kappa shape index (κ3) is 3.33. The zero-order valence-corrected chi connectivity index (χ0v) is 12.3. The lowest BCUT2D eigenvalue weighted by Gasteiger charge is -2.24. The Morgan fingerprint density at radius 3 is 2.52 bits per heavy atom. The molecular formula is C14H18ClN3O3. The summed E-state index contributed by atoms with van der Waals surface area (Å²) in [5.41, 5.74) is 0.534. The monoisotopic (exact) mass is 311 g/mol. The highest BCUT2D eigenvalue weighted by Crippen LogP contribution is 2.22. The lowest BCUT2D eigenvalue weighted by Crippen LogP contribution is -2.39. The summed E-state index contributed by atoms with van der Waals surface area (Å²) in [6.07, 6.45) is 3.30. The van der Waals surface area contributed by atoms with Crippen LogP contribution in [0.5, 0.6) is 0 Å². The summed E-state index contributed by atoms with van der Waals surface area (Å²) in [5, 5.41) is 14.1. The van der Waals surface area contributed by atoms with Gasteiger partial charge in [-0.2, -0.15) is 0 Å². The molecular weight excluding hydrogens is 294 g/mol. The number of nitro groups is 1. The summed E-state index contributed by atoms with van der Waals surface area (Å²) >= 11 is 0. The van der Waals surface area contributed by atoms with Gasteiger partial charge in [0.15, 0.2) is 0 Å². The van der Waals surface area contributed by atoms with Gasteiger partial charge in [-0.05, 0) is 31.4 Å². The second kappa shape index (κ2) is 6.41. The van der Waals surface area contributed by atoms with Gasteiger partial charge in [-0.25, -0.2) is 0 Å². The maximum Gasteiger partial charge on any atom is 0.269 e. The molecule has 1 N–H and O–H groups in total. The number of nitrogens with zero attached hydrogens (tertiary/aromatic N) is 2. The van der Waals surface area contributed by atoms with Gasteiger partial charge >= 0.3 is 0 Å². The van der Waals surface area contributed by atoms with Crippen molar-refractivity contribution >= 4 is 24.0 Å². The van der Waals surface area contributed by atoms with Crippen molar-refractivity contribution in [1.82, 2.24) is 10.2 Å². The van der Waals surface area contributed by atoms with E-state index in [0.29, 0.717) is 17.6 Å². The van der Waals surface area contributed by atoms with Gasteiger partial charge in [0, 0.05) is 42.9 Å². The van der Waals surface area contributed by atoms with Crippen molar-refractivity contribution in [3.05, 3.63) is 39.9 Å². The van der Waals surface area contributed by atoms with Crippen molar-refractivity contribution in [1.29, 1.82) is 0 Å². The number of likely N-dealkylation sites (tertiary alicyclic amines) is 1. The molecule has 7 heteroatoms. The third-order valence-electron chi connectivity index (χ3n) is 4.14. The average molecular weight is 312 g/mol. The maximum atomic E-state index is 12.4. The van der Waals surface area contributed by atoms with E-state index in [0.717, 1.165) is 25.9 Å². The molecule has 2 bridgehead atoms. The predicted octanol–water partition coefficient (Wildman–Crippen LogP) is 1.98. The van der Waals surface area contributed by atoms with Crippen molar-refractivity contribution in [3.63, 3.8) is 0 Å². The van der Waals surface area contributed by atoms with E-state index in [1.54, 1.807) is 0 Å². The minimum Gasteiger partial charge on any atom is -0.337 e. The molecule has 2 fully saturated rings. The predicted molar refractivity (Wildman–Crippen MR) is 80.8 cm³/mol. The lowest BCUT2D eigenvalue weighted by atomic mass is 10.1. The van der Waals surface area contributed by atoms with Gasteiger partial charge in [0.25, 0.3) is 11.6 Å². The van der Waals surface area contributed by atoms with E-state index < -0.39 is 4.92 Å². The molecule has 21 heavy (non-hydrogen) atoms. The number of nitrogens with one attached hydrogen (secondary N) is 1. The molecule has 2 heterocycles. The van der Waals surface area contributed by atoms with Crippen LogP contribution in [-0.4, -0.2) is 40.9 Å². The summed E-state index contributed by atoms with van der Waals surface area (Å²) in [6, 6.07) is 6.78. The Morgan fingerprint density at radius 1 is 1.19 bits per heavy atom. The third-order valence-corrected chi connectivity index (χ3v) is 4.14. The first-order valence-corrected chi connectivity index (χ1v) is 6.93. The zero-order chi connectivity index (χ0) is 14.1. The van der Waals surface area contributed by atoms with Gasteiger partial charge < -0.3 is 10.2 Å². The number of nitro benzene ring substituents is 1. The Morgan fingerprint density at radius 2 is 1.86 bits per heavy atom. The SMILES string of the molecule is Cl.O=C(c1ccc([N+](=O)[O-])cc1)N1CCC2CCC(C1)N2. The number of rotatable bonds is 2. The number of non-ortho nitro benzene ring substituents is 1. The van der Waals surface area contributed by atoms with E-state index in [1.165, 1.54) is 30.7 Å². The quantitative estimate of drug-likeness (QED) is 0.669. The summed E-state index contributed by atoms with van der Waals surface area (Å²) < 4.78 is 0. The number of carbonyl (C=O) groups excluding carboxylic acids is 1. The number of hydrogen-bond donors (Lipinski definition) is 1. The molecule has 1 aromatic carbocycles. The lowest BCUT2D eigenvalue weighted by molar-refractivity contribution is -0.384. The molecule has 2 atom stereocenters. The molecule has 2 aliphatic heterocycles. The minimum atomic E-state index is -0.455. The minimum absolute atomic E-state index is 0. The van der Waals surface area contributed by atoms with E-state index in [2.05, 4.69) is 5.32 Å². The van der Waals surface area contributed by atoms with Crippen molar-refractivity contribution < 1.29 is 9.72 Å². The normalized spacial score (nSPS) is 24.1. The largest absolute Gasteiger partial charge is 0.337 e. The molecule has 3 rings (SSSR count). The van der Waals surface area contributed by atoms with E-state index in [9.17, 15) is 14.9 Å². The van der Waals surface area contributed by atoms with Crippen LogP contribution in [0.3, 0.4) is 0 Å². The summed E-state index contributed by atoms with van der Waals surface area (Å²) in [4.78, 5) is 24.5. The first-order chi connectivity index (χ1) is 9.63. The van der Waals surface area contributed by atoms with E-state index in [1.807, 2.05) is 4.90 Å². The molecule has 1 aromatic rings. The number of fused-ring (bicyclic) bond motifs is 2. The van der Waals surface area contributed by atoms with Crippen LogP contribution in [0.1, 0.15) is 29.6 Å². The Balaban J connectivity index is 0.00000161. The van der Waals surface area contributed by atoms with Crippen LogP contribution in [0.4, 0.5) is 5.69 Å². The fraction of sp³-hybridized carbons (Fsp3) is 0.500. The fourth-order valence-electron chi connectivity index (χ4n) is 3.04. The van der Waals surface area contributed by atoms with Gasteiger partial charge in [0.1, 0.15) is 0 Å². The number of halogens is 1. The number of amides is 1. The molecule has 0 aliphatic carbocycles. The summed E-state index contributed by atoms with van der Waals surface area (Å²) in [7, 11) is 0. The molecule has 0 radical (unpaired) electrons. The van der Waals surface area contributed by atoms with Gasteiger partial charge in [0.05, 0.1) is 4.92 Å². The molecule has 2 saturated heterocycles. The Kier molecular flexibility index (Phi) is 4.80. The van der Waals surface area contributed by atoms with Crippen molar-refractivity contribution in [2.75, 3.05) is 13.1 Å². The summed E-state index contributed by atoms with van der Waals surface area (Å²) in [6.45, 7) is 1.48. The Labute approximate surface area is 129 Å². The fourth-order valence-corrected chi connectivity index (χ4v) is 3.04. The smallest absolute Gasteiger partial charge is 0.269 e. The van der Waals surface area contributed by atoms with Crippen LogP contribution in [-0.2, 0) is 0 Å². The van der Waals surface area contributed by atoms with Crippen molar-refractivity contribution in [2.24, 2.45) is 0 Å². The molecule has 0 spiro atoms. The van der Waals surface area contributed by atoms with Gasteiger partial charge in [-0.1, -0.05) is 0 Å². The number of benzene rings is 1. The molecule has 114 valence electrons. The summed E-state index contributed by atoms with van der Waals surface area (Å²) in [5.74, 6) is -0.0331. The average Bonchev–Trinajstić information content (AvgIpc) is 2.78. The first kappa shape index (κ1) is 15.7. The number of carbonyl (C=O) groups is 1. The second-order valence-electron chi connectivity index (χ2n) is 5.48. The van der Waals surface area contributed by atoms with Crippen LogP contribution in [0.2, 0.25) is 0 Å². The Bertz CT molecular complexity index is 535. The van der Waals surface area contributed by atoms with E-state index in [-0.39, 0.29) is 24.0 Å². The standard InChI is InChI=1S/C14H17N3O3.ClH/c18-14(10-1-5-13(6-2-10)17(19)20)16-8-7-11-3-4-12(9-16)15-11;/h1-2,5-6,11-12,15H,3-4,7-9H2;1H. The zero-order valence-electron chi connectivity index (χ0n) is 11.5. The van der Waals surface area contributed by atoms with Crippen LogP contribution in [0.25, 0.3) is 0 Å².